The lowest BCUT2D eigenvalue weighted by molar-refractivity contribution is 0.0942. The summed E-state index contributed by atoms with van der Waals surface area (Å²) in [5.74, 6) is 1.21. The monoisotopic (exact) mass is 389 g/mol. The van der Waals surface area contributed by atoms with E-state index in [0.29, 0.717) is 31.1 Å². The highest BCUT2D eigenvalue weighted by Gasteiger charge is 2.11. The van der Waals surface area contributed by atoms with Gasteiger partial charge in [0, 0.05) is 0 Å². The van der Waals surface area contributed by atoms with Gasteiger partial charge >= 0.3 is 0 Å². The van der Waals surface area contributed by atoms with E-state index in [2.05, 4.69) is 24.4 Å². The fourth-order valence-corrected chi connectivity index (χ4v) is 2.99. The van der Waals surface area contributed by atoms with Crippen LogP contribution in [0.5, 0.6) is 11.5 Å². The van der Waals surface area contributed by atoms with E-state index >= 15 is 0 Å². The molecule has 29 heavy (non-hydrogen) atoms. The van der Waals surface area contributed by atoms with Gasteiger partial charge in [0.05, 0.1) is 12.1 Å². The number of nitrogens with one attached hydrogen (secondary N) is 1. The fraction of sp³-hybridized carbons (Fsp3) is 0.240. The van der Waals surface area contributed by atoms with Crippen molar-refractivity contribution >= 4 is 5.91 Å². The van der Waals surface area contributed by atoms with E-state index in [9.17, 15) is 4.79 Å². The molecule has 1 N–H and O–H groups in total. The van der Waals surface area contributed by atoms with Crippen LogP contribution < -0.4 is 14.8 Å². The standard InChI is InChI=1S/C25H27NO3/c1-2-8-20-13-15-22(16-14-20)28-18-17-26-25(27)23-11-6-7-12-24(23)29-19-21-9-4-3-5-10-21/h3-7,9-16H,2,8,17-19H2,1H3,(H,26,27). The summed E-state index contributed by atoms with van der Waals surface area (Å²) in [6.07, 6.45) is 2.20. The Kier molecular flexibility index (Phi) is 7.70. The van der Waals surface area contributed by atoms with Gasteiger partial charge in [0.2, 0.25) is 0 Å². The number of amides is 1. The van der Waals surface area contributed by atoms with Gasteiger partial charge in [-0.15, -0.1) is 0 Å². The summed E-state index contributed by atoms with van der Waals surface area (Å²) >= 11 is 0. The molecule has 3 rings (SSSR count). The second kappa shape index (κ2) is 10.9. The van der Waals surface area contributed by atoms with Crippen LogP contribution in [-0.4, -0.2) is 19.1 Å². The quantitative estimate of drug-likeness (QED) is 0.495. The molecule has 0 heterocycles. The molecule has 0 aliphatic carbocycles. The van der Waals surface area contributed by atoms with Gasteiger partial charge in [0.15, 0.2) is 0 Å². The van der Waals surface area contributed by atoms with Crippen LogP contribution in [0.4, 0.5) is 0 Å². The minimum absolute atomic E-state index is 0.171. The van der Waals surface area contributed by atoms with E-state index in [4.69, 9.17) is 9.47 Å². The van der Waals surface area contributed by atoms with Crippen molar-refractivity contribution in [3.8, 4) is 11.5 Å². The topological polar surface area (TPSA) is 47.6 Å². The highest BCUT2D eigenvalue weighted by atomic mass is 16.5. The summed E-state index contributed by atoms with van der Waals surface area (Å²) in [5, 5.41) is 2.90. The zero-order chi connectivity index (χ0) is 20.3. The van der Waals surface area contributed by atoms with Crippen LogP contribution in [0, 0.1) is 0 Å². The van der Waals surface area contributed by atoms with Gasteiger partial charge in [0.1, 0.15) is 24.7 Å². The molecule has 0 radical (unpaired) electrons. The molecule has 4 heteroatoms. The van der Waals surface area contributed by atoms with Gasteiger partial charge < -0.3 is 14.8 Å². The van der Waals surface area contributed by atoms with Gasteiger partial charge in [-0.1, -0.05) is 67.9 Å². The molecule has 0 saturated carbocycles. The summed E-state index contributed by atoms with van der Waals surface area (Å²) in [5.41, 5.74) is 2.88. The first-order chi connectivity index (χ1) is 14.3. The molecule has 3 aromatic rings. The maximum Gasteiger partial charge on any atom is 0.255 e. The predicted octanol–water partition coefficient (Wildman–Crippen LogP) is 5.03. The van der Waals surface area contributed by atoms with E-state index in [1.807, 2.05) is 60.7 Å². The number of carbonyl (C=O) groups excluding carboxylic acids is 1. The lowest BCUT2D eigenvalue weighted by Crippen LogP contribution is -2.28. The second-order valence-electron chi connectivity index (χ2n) is 6.77. The molecule has 0 spiro atoms. The van der Waals surface area contributed by atoms with Crippen molar-refractivity contribution in [1.29, 1.82) is 0 Å². The molecule has 0 aliphatic rings. The molecular weight excluding hydrogens is 362 g/mol. The summed E-state index contributed by atoms with van der Waals surface area (Å²) in [7, 11) is 0. The summed E-state index contributed by atoms with van der Waals surface area (Å²) in [4.78, 5) is 12.6. The van der Waals surface area contributed by atoms with Crippen molar-refractivity contribution in [3.63, 3.8) is 0 Å². The van der Waals surface area contributed by atoms with E-state index in [-0.39, 0.29) is 5.91 Å². The number of carbonyl (C=O) groups is 1. The molecule has 4 nitrogen and oxygen atoms in total. The minimum atomic E-state index is -0.171. The Hall–Kier alpha value is -3.27. The molecule has 0 aliphatic heterocycles. The number of rotatable bonds is 10. The maximum absolute atomic E-state index is 12.6. The average molecular weight is 389 g/mol. The number of benzene rings is 3. The Morgan fingerprint density at radius 1 is 0.828 bits per heavy atom. The third-order valence-corrected chi connectivity index (χ3v) is 4.49. The first-order valence-electron chi connectivity index (χ1n) is 10.0. The summed E-state index contributed by atoms with van der Waals surface area (Å²) in [6.45, 7) is 3.41. The maximum atomic E-state index is 12.6. The Morgan fingerprint density at radius 3 is 2.31 bits per heavy atom. The largest absolute Gasteiger partial charge is 0.492 e. The Morgan fingerprint density at radius 2 is 1.55 bits per heavy atom. The van der Waals surface area contributed by atoms with Gasteiger partial charge in [-0.25, -0.2) is 0 Å². The first-order valence-corrected chi connectivity index (χ1v) is 10.0. The van der Waals surface area contributed by atoms with Crippen LogP contribution in [-0.2, 0) is 13.0 Å². The minimum Gasteiger partial charge on any atom is -0.492 e. The highest BCUT2D eigenvalue weighted by Crippen LogP contribution is 2.19. The fourth-order valence-electron chi connectivity index (χ4n) is 2.99. The van der Waals surface area contributed by atoms with E-state index in [1.165, 1.54) is 5.56 Å². The highest BCUT2D eigenvalue weighted by molar-refractivity contribution is 5.96. The second-order valence-corrected chi connectivity index (χ2v) is 6.77. The molecule has 0 atom stereocenters. The predicted molar refractivity (Wildman–Crippen MR) is 115 cm³/mol. The zero-order valence-electron chi connectivity index (χ0n) is 16.8. The van der Waals surface area contributed by atoms with Crippen LogP contribution in [0.1, 0.15) is 34.8 Å². The Labute approximate surface area is 172 Å². The van der Waals surface area contributed by atoms with Crippen molar-refractivity contribution < 1.29 is 14.3 Å². The van der Waals surface area contributed by atoms with Gasteiger partial charge in [-0.2, -0.15) is 0 Å². The molecule has 0 unspecified atom stereocenters. The van der Waals surface area contributed by atoms with Crippen LogP contribution in [0.2, 0.25) is 0 Å². The lowest BCUT2D eigenvalue weighted by atomic mass is 10.1. The molecule has 1 amide bonds. The summed E-state index contributed by atoms with van der Waals surface area (Å²) in [6, 6.07) is 25.3. The smallest absolute Gasteiger partial charge is 0.255 e. The number of aryl methyl sites for hydroxylation is 1. The van der Waals surface area contributed by atoms with E-state index in [0.717, 1.165) is 24.2 Å². The lowest BCUT2D eigenvalue weighted by Gasteiger charge is -2.12. The zero-order valence-corrected chi connectivity index (χ0v) is 16.8. The van der Waals surface area contributed by atoms with E-state index < -0.39 is 0 Å². The van der Waals surface area contributed by atoms with Crippen molar-refractivity contribution in [2.75, 3.05) is 13.2 Å². The van der Waals surface area contributed by atoms with Crippen molar-refractivity contribution in [1.82, 2.24) is 5.32 Å². The van der Waals surface area contributed by atoms with Crippen LogP contribution in [0.15, 0.2) is 78.9 Å². The molecule has 150 valence electrons. The third-order valence-electron chi connectivity index (χ3n) is 4.49. The number of ether oxygens (including phenoxy) is 2. The molecular formula is C25H27NO3. The van der Waals surface area contributed by atoms with Crippen molar-refractivity contribution in [3.05, 3.63) is 95.6 Å². The van der Waals surface area contributed by atoms with Crippen molar-refractivity contribution in [2.45, 2.75) is 26.4 Å². The molecule has 0 bridgehead atoms. The Bertz CT molecular complexity index is 891. The number of hydrogen-bond acceptors (Lipinski definition) is 3. The van der Waals surface area contributed by atoms with Gasteiger partial charge in [-0.05, 0) is 41.8 Å². The van der Waals surface area contributed by atoms with Gasteiger partial charge in [-0.3, -0.25) is 4.79 Å². The number of para-hydroxylation sites is 1. The van der Waals surface area contributed by atoms with Crippen LogP contribution >= 0.6 is 0 Å². The summed E-state index contributed by atoms with van der Waals surface area (Å²) < 4.78 is 11.6. The average Bonchev–Trinajstić information content (AvgIpc) is 2.77. The van der Waals surface area contributed by atoms with E-state index in [1.54, 1.807) is 6.07 Å². The first kappa shape index (κ1) is 20.5. The Balaban J connectivity index is 1.48. The van der Waals surface area contributed by atoms with Gasteiger partial charge in [0.25, 0.3) is 5.91 Å². The van der Waals surface area contributed by atoms with Crippen molar-refractivity contribution in [2.24, 2.45) is 0 Å². The van der Waals surface area contributed by atoms with Crippen LogP contribution in [0.3, 0.4) is 0 Å². The third kappa shape index (κ3) is 6.39. The molecule has 0 aromatic heterocycles. The molecule has 3 aromatic carbocycles. The molecule has 0 saturated heterocycles. The van der Waals surface area contributed by atoms with Crippen LogP contribution in [0.25, 0.3) is 0 Å². The SMILES string of the molecule is CCCc1ccc(OCCNC(=O)c2ccccc2OCc2ccccc2)cc1. The molecule has 0 fully saturated rings. The number of hydrogen-bond donors (Lipinski definition) is 1. The normalized spacial score (nSPS) is 10.4.